The van der Waals surface area contributed by atoms with Gasteiger partial charge in [-0.1, -0.05) is 29.3 Å². The van der Waals surface area contributed by atoms with Gasteiger partial charge in [-0.25, -0.2) is 0 Å². The van der Waals surface area contributed by atoms with Crippen LogP contribution in [0.3, 0.4) is 0 Å². The number of aliphatic carboxylic acids is 1. The fourth-order valence-corrected chi connectivity index (χ4v) is 1.70. The highest BCUT2D eigenvalue weighted by molar-refractivity contribution is 5.69. The fraction of sp³-hybridized carbons (Fsp3) is 0.214. The smallest absolute Gasteiger partial charge is 0.317 e. The maximum Gasteiger partial charge on any atom is 0.317 e. The van der Waals surface area contributed by atoms with Gasteiger partial charge in [0.25, 0.3) is 5.89 Å². The Hall–Kier alpha value is -2.65. The quantitative estimate of drug-likeness (QED) is 0.797. The summed E-state index contributed by atoms with van der Waals surface area (Å²) in [6.45, 7) is 0.272. The van der Waals surface area contributed by atoms with Crippen molar-refractivity contribution in [2.45, 2.75) is 6.54 Å². The Morgan fingerprint density at radius 2 is 2.15 bits per heavy atom. The van der Waals surface area contributed by atoms with Crippen molar-refractivity contribution in [3.8, 4) is 23.8 Å². The van der Waals surface area contributed by atoms with Crippen LogP contribution in [0.25, 0.3) is 11.5 Å². The van der Waals surface area contributed by atoms with Crippen molar-refractivity contribution in [1.82, 2.24) is 15.0 Å². The van der Waals surface area contributed by atoms with E-state index in [2.05, 4.69) is 16.1 Å². The molecule has 0 bridgehead atoms. The second-order valence-corrected chi connectivity index (χ2v) is 4.12. The molecular formula is C14H13N3O3. The molecule has 1 N–H and O–H groups in total. The molecule has 0 radical (unpaired) electrons. The predicted octanol–water partition coefficient (Wildman–Crippen LogP) is 1.26. The lowest BCUT2D eigenvalue weighted by Gasteiger charge is -2.14. The minimum absolute atomic E-state index is 0.167. The van der Waals surface area contributed by atoms with Crippen LogP contribution in [-0.2, 0) is 11.3 Å². The van der Waals surface area contributed by atoms with Gasteiger partial charge in [0, 0.05) is 5.56 Å². The summed E-state index contributed by atoms with van der Waals surface area (Å²) in [5.74, 6) is 2.26. The number of rotatable bonds is 6. The molecule has 6 nitrogen and oxygen atoms in total. The van der Waals surface area contributed by atoms with Crippen LogP contribution < -0.4 is 0 Å². The summed E-state index contributed by atoms with van der Waals surface area (Å²) in [6, 6.07) is 9.34. The van der Waals surface area contributed by atoms with Gasteiger partial charge in [0.05, 0.1) is 19.6 Å². The van der Waals surface area contributed by atoms with Gasteiger partial charge in [-0.15, -0.1) is 6.42 Å². The van der Waals surface area contributed by atoms with Crippen molar-refractivity contribution in [2.75, 3.05) is 13.1 Å². The van der Waals surface area contributed by atoms with E-state index in [0.29, 0.717) is 11.7 Å². The standard InChI is InChI=1S/C14H13N3O3/c1-2-8-17(10-13(18)19)9-12-15-14(20-16-12)11-6-4-3-5-7-11/h1,3-7H,8-10H2,(H,18,19). The van der Waals surface area contributed by atoms with Crippen molar-refractivity contribution >= 4 is 5.97 Å². The van der Waals surface area contributed by atoms with E-state index in [-0.39, 0.29) is 19.6 Å². The Morgan fingerprint density at radius 1 is 1.40 bits per heavy atom. The zero-order chi connectivity index (χ0) is 14.4. The molecule has 0 aliphatic heterocycles. The van der Waals surface area contributed by atoms with Gasteiger partial charge >= 0.3 is 5.97 Å². The van der Waals surface area contributed by atoms with Gasteiger partial charge in [0.15, 0.2) is 5.82 Å². The van der Waals surface area contributed by atoms with Crippen LogP contribution >= 0.6 is 0 Å². The molecule has 2 rings (SSSR count). The molecule has 20 heavy (non-hydrogen) atoms. The first kappa shape index (κ1) is 13.8. The van der Waals surface area contributed by atoms with E-state index in [4.69, 9.17) is 16.1 Å². The molecule has 0 unspecified atom stereocenters. The molecule has 0 amide bonds. The Balaban J connectivity index is 2.08. The number of hydrogen-bond donors (Lipinski definition) is 1. The second kappa shape index (κ2) is 6.50. The maximum absolute atomic E-state index is 10.7. The molecule has 6 heteroatoms. The van der Waals surface area contributed by atoms with Crippen LogP contribution in [0, 0.1) is 12.3 Å². The molecule has 102 valence electrons. The lowest BCUT2D eigenvalue weighted by Crippen LogP contribution is -2.30. The van der Waals surface area contributed by atoms with Gasteiger partial charge < -0.3 is 9.63 Å². The van der Waals surface area contributed by atoms with Crippen LogP contribution in [-0.4, -0.2) is 39.2 Å². The first-order valence-electron chi connectivity index (χ1n) is 5.94. The minimum atomic E-state index is -0.952. The molecule has 0 fully saturated rings. The Labute approximate surface area is 116 Å². The Kier molecular flexibility index (Phi) is 4.47. The molecule has 1 heterocycles. The lowest BCUT2D eigenvalue weighted by atomic mass is 10.2. The average molecular weight is 271 g/mol. The molecule has 0 aliphatic carbocycles. The van der Waals surface area contributed by atoms with Crippen LogP contribution in [0.1, 0.15) is 5.82 Å². The van der Waals surface area contributed by atoms with E-state index in [0.717, 1.165) is 5.56 Å². The third-order valence-electron chi connectivity index (χ3n) is 2.53. The molecular weight excluding hydrogens is 258 g/mol. The summed E-state index contributed by atoms with van der Waals surface area (Å²) in [5, 5.41) is 12.6. The first-order valence-corrected chi connectivity index (χ1v) is 5.94. The van der Waals surface area contributed by atoms with Crippen molar-refractivity contribution in [2.24, 2.45) is 0 Å². The minimum Gasteiger partial charge on any atom is -0.480 e. The van der Waals surface area contributed by atoms with Crippen LogP contribution in [0.5, 0.6) is 0 Å². The van der Waals surface area contributed by atoms with Gasteiger partial charge in [0.2, 0.25) is 0 Å². The Morgan fingerprint density at radius 3 is 2.80 bits per heavy atom. The first-order chi connectivity index (χ1) is 9.69. The van der Waals surface area contributed by atoms with Gasteiger partial charge in [-0.3, -0.25) is 9.69 Å². The van der Waals surface area contributed by atoms with E-state index in [1.54, 1.807) is 4.90 Å². The zero-order valence-corrected chi connectivity index (χ0v) is 10.7. The van der Waals surface area contributed by atoms with Gasteiger partial charge in [-0.2, -0.15) is 4.98 Å². The fourth-order valence-electron chi connectivity index (χ4n) is 1.70. The third kappa shape index (κ3) is 3.67. The lowest BCUT2D eigenvalue weighted by molar-refractivity contribution is -0.138. The van der Waals surface area contributed by atoms with Gasteiger partial charge in [-0.05, 0) is 12.1 Å². The molecule has 1 aromatic heterocycles. The van der Waals surface area contributed by atoms with E-state index in [1.165, 1.54) is 0 Å². The highest BCUT2D eigenvalue weighted by Crippen LogP contribution is 2.16. The number of terminal acetylenes is 1. The van der Waals surface area contributed by atoms with Crippen molar-refractivity contribution in [3.63, 3.8) is 0 Å². The number of nitrogens with zero attached hydrogens (tertiary/aromatic N) is 3. The summed E-state index contributed by atoms with van der Waals surface area (Å²) in [7, 11) is 0. The normalized spacial score (nSPS) is 10.4. The summed E-state index contributed by atoms with van der Waals surface area (Å²) >= 11 is 0. The third-order valence-corrected chi connectivity index (χ3v) is 2.53. The number of hydrogen-bond acceptors (Lipinski definition) is 5. The number of carboxylic acid groups (broad SMARTS) is 1. The predicted molar refractivity (Wildman–Crippen MR) is 71.5 cm³/mol. The Bertz CT molecular complexity index is 616. The topological polar surface area (TPSA) is 79.5 Å². The van der Waals surface area contributed by atoms with Crippen LogP contribution in [0.2, 0.25) is 0 Å². The maximum atomic E-state index is 10.7. The summed E-state index contributed by atoms with van der Waals surface area (Å²) < 4.78 is 5.15. The van der Waals surface area contributed by atoms with Crippen LogP contribution in [0.15, 0.2) is 34.9 Å². The second-order valence-electron chi connectivity index (χ2n) is 4.12. The molecule has 0 aliphatic rings. The molecule has 0 saturated heterocycles. The number of benzene rings is 1. The molecule has 0 atom stereocenters. The van der Waals surface area contributed by atoms with E-state index >= 15 is 0 Å². The van der Waals surface area contributed by atoms with E-state index < -0.39 is 5.97 Å². The summed E-state index contributed by atoms with van der Waals surface area (Å²) in [4.78, 5) is 16.5. The molecule has 2 aromatic rings. The van der Waals surface area contributed by atoms with Crippen molar-refractivity contribution in [3.05, 3.63) is 36.2 Å². The van der Waals surface area contributed by atoms with Gasteiger partial charge in [0.1, 0.15) is 0 Å². The van der Waals surface area contributed by atoms with E-state index in [9.17, 15) is 4.79 Å². The highest BCUT2D eigenvalue weighted by atomic mass is 16.5. The van der Waals surface area contributed by atoms with Crippen LogP contribution in [0.4, 0.5) is 0 Å². The van der Waals surface area contributed by atoms with Crippen molar-refractivity contribution < 1.29 is 14.4 Å². The summed E-state index contributed by atoms with van der Waals surface area (Å²) in [6.07, 6.45) is 5.21. The average Bonchev–Trinajstić information content (AvgIpc) is 2.88. The van der Waals surface area contributed by atoms with Crippen molar-refractivity contribution in [1.29, 1.82) is 0 Å². The molecule has 0 spiro atoms. The monoisotopic (exact) mass is 271 g/mol. The molecule has 0 saturated carbocycles. The summed E-state index contributed by atoms with van der Waals surface area (Å²) in [5.41, 5.74) is 0.813. The number of carboxylic acids is 1. The SMILES string of the molecule is C#CCN(CC(=O)O)Cc1noc(-c2ccccc2)n1. The molecule has 1 aromatic carbocycles. The zero-order valence-electron chi connectivity index (χ0n) is 10.7. The van der Waals surface area contributed by atoms with E-state index in [1.807, 2.05) is 30.3 Å². The number of carbonyl (C=O) groups is 1. The highest BCUT2D eigenvalue weighted by Gasteiger charge is 2.14. The largest absolute Gasteiger partial charge is 0.480 e. The number of aromatic nitrogens is 2.